The van der Waals surface area contributed by atoms with Crippen molar-refractivity contribution in [2.24, 2.45) is 11.7 Å². The van der Waals surface area contributed by atoms with Gasteiger partial charge in [0.05, 0.1) is 17.0 Å². The number of fused-ring (bicyclic) bond motifs is 3. The lowest BCUT2D eigenvalue weighted by Gasteiger charge is -2.50. The number of aromatic hydroxyl groups is 2. The van der Waals surface area contributed by atoms with Crippen molar-refractivity contribution in [3.63, 3.8) is 0 Å². The fourth-order valence-electron chi connectivity index (χ4n) is 6.06. The first kappa shape index (κ1) is 27.4. The van der Waals surface area contributed by atoms with Crippen LogP contribution in [-0.2, 0) is 20.7 Å². The van der Waals surface area contributed by atoms with E-state index >= 15 is 0 Å². The Labute approximate surface area is 229 Å². The zero-order chi connectivity index (χ0) is 29.3. The summed E-state index contributed by atoms with van der Waals surface area (Å²) in [5.74, 6) is -6.57. The smallest absolute Gasteiger partial charge is 0.410 e. The molecular formula is C28H31N3O9. The highest BCUT2D eigenvalue weighted by Crippen LogP contribution is 2.49. The number of primary amides is 1. The van der Waals surface area contributed by atoms with E-state index in [2.05, 4.69) is 0 Å². The second-order valence-corrected chi connectivity index (χ2v) is 11.4. The van der Waals surface area contributed by atoms with Crippen LogP contribution in [0.25, 0.3) is 10.8 Å². The van der Waals surface area contributed by atoms with Gasteiger partial charge < -0.3 is 35.8 Å². The van der Waals surface area contributed by atoms with E-state index in [9.17, 15) is 39.6 Å². The van der Waals surface area contributed by atoms with E-state index in [1.165, 1.54) is 11.0 Å². The van der Waals surface area contributed by atoms with E-state index in [1.807, 2.05) is 0 Å². The molecule has 5 rings (SSSR count). The van der Waals surface area contributed by atoms with Crippen LogP contribution in [0, 0.1) is 5.92 Å². The fraction of sp³-hybridized carbons (Fsp3) is 0.429. The largest absolute Gasteiger partial charge is 0.508 e. The summed E-state index contributed by atoms with van der Waals surface area (Å²) in [6, 6.07) is 4.85. The van der Waals surface area contributed by atoms with Crippen LogP contribution < -0.4 is 5.73 Å². The zero-order valence-corrected chi connectivity index (χ0v) is 22.3. The molecule has 2 aromatic carbocycles. The second kappa shape index (κ2) is 9.20. The van der Waals surface area contributed by atoms with Crippen molar-refractivity contribution < 1.29 is 44.3 Å². The maximum Gasteiger partial charge on any atom is 0.410 e. The highest BCUT2D eigenvalue weighted by Gasteiger charge is 2.62. The minimum atomic E-state index is -2.76. The number of phenols is 2. The zero-order valence-electron chi connectivity index (χ0n) is 22.3. The van der Waals surface area contributed by atoms with Crippen LogP contribution in [0.5, 0.6) is 11.5 Å². The van der Waals surface area contributed by atoms with Gasteiger partial charge in [-0.05, 0) is 44.2 Å². The highest BCUT2D eigenvalue weighted by molar-refractivity contribution is 6.25. The number of hydrogen-bond acceptors (Lipinski definition) is 10. The number of ether oxygens (including phenoxy) is 1. The van der Waals surface area contributed by atoms with Crippen LogP contribution in [0.3, 0.4) is 0 Å². The van der Waals surface area contributed by atoms with Gasteiger partial charge in [0.1, 0.15) is 28.4 Å². The third kappa shape index (κ3) is 4.06. The van der Waals surface area contributed by atoms with Gasteiger partial charge in [0.25, 0.3) is 5.91 Å². The van der Waals surface area contributed by atoms with Gasteiger partial charge in [-0.1, -0.05) is 18.2 Å². The number of nitrogens with two attached hydrogens (primary N) is 1. The molecule has 1 saturated heterocycles. The lowest BCUT2D eigenvalue weighted by Crippen LogP contribution is -2.67. The number of rotatable bonds is 2. The number of benzene rings is 2. The van der Waals surface area contributed by atoms with Gasteiger partial charge in [-0.3, -0.25) is 19.3 Å². The fourth-order valence-corrected chi connectivity index (χ4v) is 6.06. The molecule has 12 nitrogen and oxygen atoms in total. The van der Waals surface area contributed by atoms with E-state index in [4.69, 9.17) is 10.5 Å². The van der Waals surface area contributed by atoms with Gasteiger partial charge in [0, 0.05) is 32.1 Å². The minimum Gasteiger partial charge on any atom is -0.508 e. The summed E-state index contributed by atoms with van der Waals surface area (Å²) in [5.41, 5.74) is 1.06. The monoisotopic (exact) mass is 553 g/mol. The molecule has 3 atom stereocenters. The lowest BCUT2D eigenvalue weighted by molar-refractivity contribution is -0.134. The van der Waals surface area contributed by atoms with Gasteiger partial charge in [-0.15, -0.1) is 0 Å². The van der Waals surface area contributed by atoms with Gasteiger partial charge in [-0.2, -0.15) is 0 Å². The molecule has 0 saturated carbocycles. The average molecular weight is 554 g/mol. The number of aliphatic hydroxyl groups excluding tert-OH is 1. The van der Waals surface area contributed by atoms with Crippen LogP contribution in [0.1, 0.15) is 36.7 Å². The molecule has 0 spiro atoms. The number of nitrogens with zero attached hydrogens (tertiary/aromatic N) is 2. The Kier molecular flexibility index (Phi) is 6.31. The van der Waals surface area contributed by atoms with E-state index in [0.29, 0.717) is 10.9 Å². The molecule has 1 heterocycles. The normalized spacial score (nSPS) is 25.6. The van der Waals surface area contributed by atoms with Gasteiger partial charge in [-0.25, -0.2) is 4.79 Å². The number of carbonyl (C=O) groups is 4. The van der Waals surface area contributed by atoms with E-state index in [-0.39, 0.29) is 49.3 Å². The van der Waals surface area contributed by atoms with Crippen LogP contribution >= 0.6 is 0 Å². The molecule has 0 radical (unpaired) electrons. The number of ketones is 2. The van der Waals surface area contributed by atoms with Crippen LogP contribution in [0.4, 0.5) is 4.79 Å². The van der Waals surface area contributed by atoms with Crippen molar-refractivity contribution in [1.82, 2.24) is 9.80 Å². The predicted molar refractivity (Wildman–Crippen MR) is 141 cm³/mol. The van der Waals surface area contributed by atoms with Crippen LogP contribution in [0.15, 0.2) is 35.6 Å². The summed E-state index contributed by atoms with van der Waals surface area (Å²) in [5, 5.41) is 44.6. The Hall–Kier alpha value is -4.16. The van der Waals surface area contributed by atoms with Crippen molar-refractivity contribution in [1.29, 1.82) is 0 Å². The topological polar surface area (TPSA) is 191 Å². The molecule has 212 valence electrons. The van der Waals surface area contributed by atoms with Crippen molar-refractivity contribution in [3.05, 3.63) is 46.7 Å². The average Bonchev–Trinajstić information content (AvgIpc) is 2.85. The Morgan fingerprint density at radius 2 is 1.73 bits per heavy atom. The molecular weight excluding hydrogens is 522 g/mol. The van der Waals surface area contributed by atoms with Crippen molar-refractivity contribution in [2.75, 3.05) is 26.2 Å². The highest BCUT2D eigenvalue weighted by atomic mass is 16.6. The number of carbonyl (C=O) groups excluding carboxylic acids is 4. The van der Waals surface area contributed by atoms with E-state index in [0.717, 1.165) is 0 Å². The van der Waals surface area contributed by atoms with Gasteiger partial charge in [0.2, 0.25) is 5.78 Å². The predicted octanol–water partition coefficient (Wildman–Crippen LogP) is 1.14. The maximum atomic E-state index is 13.9. The number of aliphatic hydroxyl groups is 2. The Balaban J connectivity index is 1.58. The SMILES string of the molecule is CC(C)(C)OC(=O)N1CCN([C@H]2C(=O)C(C(N)=O)=C(O)[C@@]3(O)C(=O)c4c(cc5cccc(O)c5c4O)C[C@@H]23)CC1. The van der Waals surface area contributed by atoms with Crippen molar-refractivity contribution >= 4 is 34.3 Å². The molecule has 0 aromatic heterocycles. The number of piperazine rings is 1. The number of hydrogen-bond donors (Lipinski definition) is 5. The lowest BCUT2D eigenvalue weighted by atomic mass is 9.61. The summed E-state index contributed by atoms with van der Waals surface area (Å²) in [7, 11) is 0. The summed E-state index contributed by atoms with van der Waals surface area (Å²) in [6.45, 7) is 5.86. The molecule has 0 unspecified atom stereocenters. The first-order chi connectivity index (χ1) is 18.7. The molecule has 1 aliphatic heterocycles. The van der Waals surface area contributed by atoms with Crippen molar-refractivity contribution in [3.8, 4) is 11.5 Å². The standard InChI is InChI=1S/C28H31N3O9/c1-27(2,3)40-26(38)31-9-7-30(8-10-31)20-15-12-14-11-13-5-4-6-16(32)17(13)21(33)18(14)23(35)28(15,39)24(36)19(22(20)34)25(29)37/h4-6,11,15,20,32-33,36,39H,7-10,12H2,1-3H3,(H2,29,37)/t15-,20+,28-/m0/s1. The number of amides is 2. The Bertz CT molecular complexity index is 1500. The number of phenolic OH excluding ortho intramolecular Hbond substituents is 2. The molecule has 40 heavy (non-hydrogen) atoms. The van der Waals surface area contributed by atoms with Gasteiger partial charge >= 0.3 is 6.09 Å². The minimum absolute atomic E-state index is 0.0167. The quantitative estimate of drug-likeness (QED) is 0.337. The summed E-state index contributed by atoms with van der Waals surface area (Å²) in [4.78, 5) is 55.6. The summed E-state index contributed by atoms with van der Waals surface area (Å²) in [6.07, 6.45) is -0.656. The molecule has 2 aromatic rings. The molecule has 2 aliphatic carbocycles. The molecule has 0 bridgehead atoms. The number of Topliss-reactive ketones (excluding diaryl/α,β-unsaturated/α-hetero) is 2. The van der Waals surface area contributed by atoms with E-state index < -0.39 is 63.8 Å². The molecule has 12 heteroatoms. The first-order valence-electron chi connectivity index (χ1n) is 12.9. The Morgan fingerprint density at radius 3 is 2.33 bits per heavy atom. The third-order valence-electron chi connectivity index (χ3n) is 7.85. The van der Waals surface area contributed by atoms with E-state index in [1.54, 1.807) is 43.9 Å². The van der Waals surface area contributed by atoms with Crippen LogP contribution in [-0.4, -0.2) is 97.2 Å². The summed E-state index contributed by atoms with van der Waals surface area (Å²) >= 11 is 0. The second-order valence-electron chi connectivity index (χ2n) is 11.4. The molecule has 2 amide bonds. The maximum absolute atomic E-state index is 13.9. The van der Waals surface area contributed by atoms with Crippen LogP contribution in [0.2, 0.25) is 0 Å². The first-order valence-corrected chi connectivity index (χ1v) is 12.9. The molecule has 3 aliphatic rings. The van der Waals surface area contributed by atoms with Crippen molar-refractivity contribution in [2.45, 2.75) is 44.4 Å². The third-order valence-corrected chi connectivity index (χ3v) is 7.85. The molecule has 1 fully saturated rings. The summed E-state index contributed by atoms with van der Waals surface area (Å²) < 4.78 is 5.43. The van der Waals surface area contributed by atoms with Gasteiger partial charge in [0.15, 0.2) is 11.4 Å². The molecule has 6 N–H and O–H groups in total. The Morgan fingerprint density at radius 1 is 1.07 bits per heavy atom.